The Bertz CT molecular complexity index is 1590. The van der Waals surface area contributed by atoms with Crippen LogP contribution in [0, 0.1) is 35.9 Å². The molecule has 8 nitrogen and oxygen atoms in total. The molecule has 1 N–H and O–H groups in total. The van der Waals surface area contributed by atoms with Gasteiger partial charge in [0.05, 0.1) is 12.1 Å². The number of nitrogens with one attached hydrogen (secondary N) is 1. The number of carbonyl (C=O) groups excluding carboxylic acids is 2. The summed E-state index contributed by atoms with van der Waals surface area (Å²) in [5.41, 5.74) is -1.05. The molecule has 216 valence electrons. The van der Waals surface area contributed by atoms with Crippen LogP contribution in [0.3, 0.4) is 0 Å². The van der Waals surface area contributed by atoms with E-state index in [0.717, 1.165) is 6.07 Å². The van der Waals surface area contributed by atoms with Crippen molar-refractivity contribution in [2.45, 2.75) is 45.3 Å². The van der Waals surface area contributed by atoms with E-state index < -0.39 is 35.1 Å². The van der Waals surface area contributed by atoms with Crippen LogP contribution in [0.5, 0.6) is 0 Å². The lowest BCUT2D eigenvalue weighted by atomic mass is 10.1. The van der Waals surface area contributed by atoms with Crippen molar-refractivity contribution in [3.63, 3.8) is 0 Å². The molecule has 3 aromatic rings. The molecule has 0 radical (unpaired) electrons. The smallest absolute Gasteiger partial charge is 0.343 e. The van der Waals surface area contributed by atoms with Gasteiger partial charge in [0, 0.05) is 24.3 Å². The van der Waals surface area contributed by atoms with Crippen molar-refractivity contribution in [1.82, 2.24) is 9.97 Å². The van der Waals surface area contributed by atoms with E-state index in [0.29, 0.717) is 30.0 Å². The van der Waals surface area contributed by atoms with Gasteiger partial charge in [-0.2, -0.15) is 18.4 Å². The van der Waals surface area contributed by atoms with Crippen molar-refractivity contribution in [2.24, 2.45) is 0 Å². The average Bonchev–Trinajstić information content (AvgIpc) is 3.45. The predicted octanol–water partition coefficient (Wildman–Crippen LogP) is 5.22. The number of carbonyl (C=O) groups is 2. The first kappa shape index (κ1) is 30.0. The molecule has 12 heteroatoms. The van der Waals surface area contributed by atoms with E-state index in [9.17, 15) is 32.4 Å². The maximum atomic E-state index is 14.0. The second kappa shape index (κ2) is 12.7. The van der Waals surface area contributed by atoms with Gasteiger partial charge in [0.15, 0.2) is 0 Å². The number of rotatable bonds is 6. The lowest BCUT2D eigenvalue weighted by Gasteiger charge is -2.31. The molecule has 1 atom stereocenters. The average molecular weight is 579 g/mol. The van der Waals surface area contributed by atoms with Crippen molar-refractivity contribution in [3.05, 3.63) is 76.9 Å². The van der Waals surface area contributed by atoms with Gasteiger partial charge in [-0.05, 0) is 68.2 Å². The van der Waals surface area contributed by atoms with Crippen LogP contribution in [0.15, 0.2) is 48.5 Å². The number of aryl methyl sites for hydroxylation is 1. The van der Waals surface area contributed by atoms with E-state index in [2.05, 4.69) is 27.1 Å². The highest BCUT2D eigenvalue weighted by Crippen LogP contribution is 2.38. The number of nitrogens with zero attached hydrogens (tertiary/aromatic N) is 5. The fourth-order valence-electron chi connectivity index (χ4n) is 4.59. The molecule has 2 amide bonds. The Morgan fingerprint density at radius 3 is 2.57 bits per heavy atom. The van der Waals surface area contributed by atoms with Crippen LogP contribution in [0.25, 0.3) is 0 Å². The Morgan fingerprint density at radius 2 is 1.90 bits per heavy atom. The highest BCUT2D eigenvalue weighted by molar-refractivity contribution is 6.00. The summed E-state index contributed by atoms with van der Waals surface area (Å²) in [5.74, 6) is 4.62. The number of benzene rings is 1. The molecule has 0 spiro atoms. The maximum Gasteiger partial charge on any atom is 0.417 e. The number of alkyl halides is 3. The number of hydrogen-bond acceptors (Lipinski definition) is 6. The summed E-state index contributed by atoms with van der Waals surface area (Å²) in [5, 5.41) is 12.3. The first-order valence-electron chi connectivity index (χ1n) is 13.1. The minimum Gasteiger partial charge on any atom is -0.343 e. The topological polar surface area (TPSA) is 102 Å². The molecular formula is C30H26F4N6O2. The number of amides is 2. The molecule has 0 bridgehead atoms. The monoisotopic (exact) mass is 578 g/mol. The Labute approximate surface area is 240 Å². The Kier molecular flexibility index (Phi) is 9.06. The predicted molar refractivity (Wildman–Crippen MR) is 148 cm³/mol. The summed E-state index contributed by atoms with van der Waals surface area (Å²) in [7, 11) is 0. The van der Waals surface area contributed by atoms with Gasteiger partial charge in [-0.3, -0.25) is 14.5 Å². The fraction of sp³-hybridized carbons (Fsp3) is 0.300. The largest absolute Gasteiger partial charge is 0.417 e. The molecule has 3 heterocycles. The summed E-state index contributed by atoms with van der Waals surface area (Å²) in [6.45, 7) is 3.16. The number of nitriles is 1. The highest BCUT2D eigenvalue weighted by atomic mass is 19.4. The SMILES string of the molecule is CCC(=O)Nc1cccc(C#CCN(C(=O)C2CCCN2c2nc(C)cc(C(F)(F)F)c2C#N)c2ccc(F)cc2)n1. The maximum absolute atomic E-state index is 14.0. The molecule has 0 aliphatic carbocycles. The quantitative estimate of drug-likeness (QED) is 0.318. The van der Waals surface area contributed by atoms with E-state index in [1.807, 2.05) is 0 Å². The van der Waals surface area contributed by atoms with E-state index in [1.165, 1.54) is 41.0 Å². The van der Waals surface area contributed by atoms with Gasteiger partial charge in [-0.1, -0.05) is 18.9 Å². The van der Waals surface area contributed by atoms with Gasteiger partial charge < -0.3 is 10.2 Å². The molecule has 1 aromatic carbocycles. The lowest BCUT2D eigenvalue weighted by Crippen LogP contribution is -2.47. The Morgan fingerprint density at radius 1 is 1.17 bits per heavy atom. The van der Waals surface area contributed by atoms with Crippen LogP contribution in [0.4, 0.5) is 34.9 Å². The number of anilines is 3. The number of halogens is 4. The normalized spacial score (nSPS) is 14.5. The molecule has 1 fully saturated rings. The molecule has 1 unspecified atom stereocenters. The van der Waals surface area contributed by atoms with Crippen LogP contribution >= 0.6 is 0 Å². The number of hydrogen-bond donors (Lipinski definition) is 1. The van der Waals surface area contributed by atoms with Crippen LogP contribution in [0.1, 0.15) is 48.7 Å². The van der Waals surface area contributed by atoms with E-state index in [4.69, 9.17) is 0 Å². The zero-order valence-electron chi connectivity index (χ0n) is 22.8. The van der Waals surface area contributed by atoms with Crippen LogP contribution in [-0.4, -0.2) is 40.9 Å². The fourth-order valence-corrected chi connectivity index (χ4v) is 4.59. The molecule has 4 rings (SSSR count). The standard InChI is InChI=1S/C30H26F4N6O2/c1-3-27(41)38-26-10-4-7-21(37-26)8-5-15-39(22-13-11-20(31)12-14-22)29(42)25-9-6-16-40(25)28-23(18-35)24(30(32,33)34)17-19(2)36-28/h4,7,10-14,17,25H,3,6,9,15-16H2,1-2H3,(H,37,38,41). The van der Waals surface area contributed by atoms with E-state index in [-0.39, 0.29) is 36.9 Å². The van der Waals surface area contributed by atoms with Crippen LogP contribution in [0.2, 0.25) is 0 Å². The molecule has 2 aromatic heterocycles. The van der Waals surface area contributed by atoms with Crippen LogP contribution < -0.4 is 15.1 Å². The zero-order chi connectivity index (χ0) is 30.4. The molecule has 1 aliphatic rings. The first-order chi connectivity index (χ1) is 20.0. The third-order valence-corrected chi connectivity index (χ3v) is 6.55. The number of aromatic nitrogens is 2. The second-order valence-electron chi connectivity index (χ2n) is 9.48. The minimum atomic E-state index is -4.78. The minimum absolute atomic E-state index is 0.0561. The molecule has 0 saturated carbocycles. The van der Waals surface area contributed by atoms with Crippen LogP contribution in [-0.2, 0) is 15.8 Å². The van der Waals surface area contributed by atoms with Crippen molar-refractivity contribution >= 4 is 29.1 Å². The summed E-state index contributed by atoms with van der Waals surface area (Å²) in [4.78, 5) is 36.9. The molecule has 1 aliphatic heterocycles. The Hall–Kier alpha value is -4.97. The van der Waals surface area contributed by atoms with Gasteiger partial charge in [0.25, 0.3) is 5.91 Å². The summed E-state index contributed by atoms with van der Waals surface area (Å²) in [6.07, 6.45) is -3.74. The van der Waals surface area contributed by atoms with Crippen molar-refractivity contribution in [3.8, 4) is 17.9 Å². The number of pyridine rings is 2. The molecule has 42 heavy (non-hydrogen) atoms. The molecule has 1 saturated heterocycles. The zero-order valence-corrected chi connectivity index (χ0v) is 22.8. The third-order valence-electron chi connectivity index (χ3n) is 6.55. The van der Waals surface area contributed by atoms with Gasteiger partial charge in [-0.25, -0.2) is 14.4 Å². The Balaban J connectivity index is 1.67. The highest BCUT2D eigenvalue weighted by Gasteiger charge is 2.40. The van der Waals surface area contributed by atoms with E-state index >= 15 is 0 Å². The van der Waals surface area contributed by atoms with Crippen molar-refractivity contribution in [2.75, 3.05) is 28.2 Å². The second-order valence-corrected chi connectivity index (χ2v) is 9.48. The van der Waals surface area contributed by atoms with Gasteiger partial charge >= 0.3 is 6.18 Å². The summed E-state index contributed by atoms with van der Waals surface area (Å²) in [6, 6.07) is 11.6. The third kappa shape index (κ3) is 6.84. The van der Waals surface area contributed by atoms with Gasteiger partial charge in [-0.15, -0.1) is 0 Å². The van der Waals surface area contributed by atoms with E-state index in [1.54, 1.807) is 31.2 Å². The summed E-state index contributed by atoms with van der Waals surface area (Å²) >= 11 is 0. The van der Waals surface area contributed by atoms with Gasteiger partial charge in [0.2, 0.25) is 5.91 Å². The van der Waals surface area contributed by atoms with Crippen molar-refractivity contribution in [1.29, 1.82) is 5.26 Å². The molecular weight excluding hydrogens is 552 g/mol. The first-order valence-corrected chi connectivity index (χ1v) is 13.1. The van der Waals surface area contributed by atoms with Gasteiger partial charge in [0.1, 0.15) is 40.8 Å². The van der Waals surface area contributed by atoms with Crippen molar-refractivity contribution < 1.29 is 27.2 Å². The summed E-state index contributed by atoms with van der Waals surface area (Å²) < 4.78 is 55.0. The lowest BCUT2D eigenvalue weighted by molar-refractivity contribution is -0.137.